The van der Waals surface area contributed by atoms with Gasteiger partial charge in [-0.05, 0) is 87.0 Å². The number of halogens is 1. The molecule has 1 atom stereocenters. The maximum Gasteiger partial charge on any atom is 0.340 e. The van der Waals surface area contributed by atoms with Gasteiger partial charge in [0, 0.05) is 10.4 Å². The van der Waals surface area contributed by atoms with Gasteiger partial charge in [0.1, 0.15) is 0 Å². The Morgan fingerprint density at radius 3 is 2.39 bits per heavy atom. The quantitative estimate of drug-likeness (QED) is 0.650. The summed E-state index contributed by atoms with van der Waals surface area (Å²) in [6, 6.07) is 0. The first-order valence-corrected chi connectivity index (χ1v) is 9.90. The molecule has 1 fully saturated rings. The van der Waals surface area contributed by atoms with Gasteiger partial charge in [-0.3, -0.25) is 4.90 Å². The minimum Gasteiger partial charge on any atom is -0.465 e. The lowest BCUT2D eigenvalue weighted by molar-refractivity contribution is 0.0599. The van der Waals surface area contributed by atoms with Crippen molar-refractivity contribution in [1.29, 1.82) is 0 Å². The molecule has 2 heterocycles. The lowest BCUT2D eigenvalue weighted by Crippen LogP contribution is -2.46. The molecule has 1 aromatic rings. The highest BCUT2D eigenvalue weighted by Crippen LogP contribution is 2.42. The molecule has 2 rings (SSSR count). The van der Waals surface area contributed by atoms with Crippen LogP contribution < -0.4 is 0 Å². The summed E-state index contributed by atoms with van der Waals surface area (Å²) in [5.74, 6) is 0.923. The van der Waals surface area contributed by atoms with Crippen LogP contribution in [0.4, 0.5) is 0 Å². The fourth-order valence-corrected chi connectivity index (χ4v) is 5.70. The van der Waals surface area contributed by atoms with Crippen molar-refractivity contribution in [2.75, 3.05) is 20.2 Å². The summed E-state index contributed by atoms with van der Waals surface area (Å²) in [5.41, 5.74) is 2.04. The number of likely N-dealkylation sites (tertiary alicyclic amines) is 1. The number of methoxy groups -OCH3 is 1. The highest BCUT2D eigenvalue weighted by atomic mass is 79.9. The topological polar surface area (TPSA) is 29.5 Å². The van der Waals surface area contributed by atoms with E-state index >= 15 is 0 Å². The Hall–Kier alpha value is -0.390. The van der Waals surface area contributed by atoms with Crippen molar-refractivity contribution >= 4 is 33.2 Å². The third-order valence-corrected chi connectivity index (χ3v) is 7.30. The van der Waals surface area contributed by atoms with E-state index in [0.29, 0.717) is 17.4 Å². The summed E-state index contributed by atoms with van der Waals surface area (Å²) >= 11 is 5.24. The smallest absolute Gasteiger partial charge is 0.340 e. The van der Waals surface area contributed by atoms with Crippen molar-refractivity contribution in [3.63, 3.8) is 0 Å². The van der Waals surface area contributed by atoms with Crippen molar-refractivity contribution in [2.45, 2.75) is 58.9 Å². The van der Waals surface area contributed by atoms with Crippen LogP contribution in [0.15, 0.2) is 3.79 Å². The second-order valence-corrected chi connectivity index (χ2v) is 9.89. The number of thiophene rings is 1. The second kappa shape index (κ2) is 7.24. The highest BCUT2D eigenvalue weighted by Gasteiger charge is 2.32. The number of ether oxygens (including phenoxy) is 1. The van der Waals surface area contributed by atoms with E-state index in [0.717, 1.165) is 22.4 Å². The number of piperidine rings is 1. The van der Waals surface area contributed by atoms with E-state index in [9.17, 15) is 4.79 Å². The van der Waals surface area contributed by atoms with E-state index in [1.165, 1.54) is 24.8 Å². The monoisotopic (exact) mass is 401 g/mol. The Balaban J connectivity index is 2.13. The molecule has 1 aromatic heterocycles. The standard InChI is InChI=1S/C18H28BrNO2S/c1-11(13-7-9-20(10-8-13)18(3,4)5)15-12(2)14(16(19)23-15)17(21)22-6/h11,13H,7-10H2,1-6H3. The summed E-state index contributed by atoms with van der Waals surface area (Å²) in [7, 11) is 1.44. The fourth-order valence-electron chi connectivity index (χ4n) is 3.55. The molecule has 0 saturated carbocycles. The third kappa shape index (κ3) is 3.99. The second-order valence-electron chi connectivity index (χ2n) is 7.52. The molecule has 0 aliphatic carbocycles. The van der Waals surface area contributed by atoms with E-state index in [1.807, 2.05) is 6.92 Å². The predicted octanol–water partition coefficient (Wildman–Crippen LogP) is 5.22. The molecule has 1 unspecified atom stereocenters. The van der Waals surface area contributed by atoms with Crippen LogP contribution in [0.5, 0.6) is 0 Å². The van der Waals surface area contributed by atoms with E-state index in [1.54, 1.807) is 11.3 Å². The van der Waals surface area contributed by atoms with E-state index in [-0.39, 0.29) is 11.5 Å². The molecule has 0 spiro atoms. The minimum atomic E-state index is -0.244. The zero-order valence-electron chi connectivity index (χ0n) is 15.0. The van der Waals surface area contributed by atoms with Crippen LogP contribution in [0.25, 0.3) is 0 Å². The first kappa shape index (κ1) is 18.9. The van der Waals surface area contributed by atoms with Crippen molar-refractivity contribution in [1.82, 2.24) is 4.90 Å². The maximum absolute atomic E-state index is 12.0. The maximum atomic E-state index is 12.0. The molecule has 3 nitrogen and oxygen atoms in total. The lowest BCUT2D eigenvalue weighted by atomic mass is 9.82. The van der Waals surface area contributed by atoms with Gasteiger partial charge in [-0.2, -0.15) is 0 Å². The molecule has 1 aliphatic heterocycles. The van der Waals surface area contributed by atoms with Gasteiger partial charge >= 0.3 is 5.97 Å². The third-order valence-electron chi connectivity index (χ3n) is 5.14. The first-order valence-electron chi connectivity index (χ1n) is 8.29. The molecule has 0 N–H and O–H groups in total. The van der Waals surface area contributed by atoms with Crippen molar-refractivity contribution in [3.05, 3.63) is 19.8 Å². The van der Waals surface area contributed by atoms with Gasteiger partial charge < -0.3 is 4.74 Å². The molecule has 23 heavy (non-hydrogen) atoms. The number of carbonyl (C=O) groups excluding carboxylic acids is 1. The summed E-state index contributed by atoms with van der Waals surface area (Å²) in [4.78, 5) is 15.9. The molecule has 0 bridgehead atoms. The Kier molecular flexibility index (Phi) is 5.96. The van der Waals surface area contributed by atoms with Crippen LogP contribution in [-0.4, -0.2) is 36.6 Å². The van der Waals surface area contributed by atoms with Crippen molar-refractivity contribution in [2.24, 2.45) is 5.92 Å². The minimum absolute atomic E-state index is 0.244. The largest absolute Gasteiger partial charge is 0.465 e. The van der Waals surface area contributed by atoms with Gasteiger partial charge in [0.05, 0.1) is 16.5 Å². The van der Waals surface area contributed by atoms with Gasteiger partial charge in [-0.1, -0.05) is 6.92 Å². The Morgan fingerprint density at radius 1 is 1.35 bits per heavy atom. The summed E-state index contributed by atoms with van der Waals surface area (Å²) in [5, 5.41) is 0. The Morgan fingerprint density at radius 2 is 1.91 bits per heavy atom. The molecular formula is C18H28BrNO2S. The molecule has 0 aromatic carbocycles. The van der Waals surface area contributed by atoms with Crippen LogP contribution in [0.3, 0.4) is 0 Å². The summed E-state index contributed by atoms with van der Waals surface area (Å²) in [6.07, 6.45) is 2.45. The fraction of sp³-hybridized carbons (Fsp3) is 0.722. The predicted molar refractivity (Wildman–Crippen MR) is 101 cm³/mol. The Bertz CT molecular complexity index is 568. The van der Waals surface area contributed by atoms with Gasteiger partial charge in [-0.15, -0.1) is 11.3 Å². The lowest BCUT2D eigenvalue weighted by Gasteiger charge is -2.42. The molecule has 1 aliphatic rings. The average Bonchev–Trinajstić information content (AvgIpc) is 2.80. The van der Waals surface area contributed by atoms with Crippen molar-refractivity contribution < 1.29 is 9.53 Å². The van der Waals surface area contributed by atoms with Gasteiger partial charge in [0.15, 0.2) is 0 Å². The normalized spacial score (nSPS) is 18.9. The van der Waals surface area contributed by atoms with E-state index in [2.05, 4.69) is 48.5 Å². The molecule has 5 heteroatoms. The molecule has 1 saturated heterocycles. The summed E-state index contributed by atoms with van der Waals surface area (Å²) in [6.45, 7) is 13.6. The molecule has 130 valence electrons. The molecule has 0 amide bonds. The Labute approximate surface area is 152 Å². The van der Waals surface area contributed by atoms with Crippen LogP contribution in [0.2, 0.25) is 0 Å². The summed E-state index contributed by atoms with van der Waals surface area (Å²) < 4.78 is 5.82. The highest BCUT2D eigenvalue weighted by molar-refractivity contribution is 9.11. The first-order chi connectivity index (χ1) is 10.7. The zero-order valence-corrected chi connectivity index (χ0v) is 17.4. The van der Waals surface area contributed by atoms with Crippen LogP contribution >= 0.6 is 27.3 Å². The van der Waals surface area contributed by atoms with Gasteiger partial charge in [-0.25, -0.2) is 4.79 Å². The van der Waals surface area contributed by atoms with E-state index in [4.69, 9.17) is 4.74 Å². The van der Waals surface area contributed by atoms with Crippen LogP contribution in [0.1, 0.15) is 67.3 Å². The molecule has 0 radical (unpaired) electrons. The van der Waals surface area contributed by atoms with E-state index < -0.39 is 0 Å². The van der Waals surface area contributed by atoms with Crippen LogP contribution in [0, 0.1) is 12.8 Å². The number of rotatable bonds is 3. The molecular weight excluding hydrogens is 374 g/mol. The van der Waals surface area contributed by atoms with Crippen LogP contribution in [-0.2, 0) is 4.74 Å². The van der Waals surface area contributed by atoms with Gasteiger partial charge in [0.2, 0.25) is 0 Å². The number of hydrogen-bond donors (Lipinski definition) is 0. The number of nitrogens with zero attached hydrogens (tertiary/aromatic N) is 1. The average molecular weight is 402 g/mol. The number of hydrogen-bond acceptors (Lipinski definition) is 4. The zero-order chi connectivity index (χ0) is 17.4. The number of carbonyl (C=O) groups is 1. The van der Waals surface area contributed by atoms with Gasteiger partial charge in [0.25, 0.3) is 0 Å². The number of esters is 1. The van der Waals surface area contributed by atoms with Crippen molar-refractivity contribution in [3.8, 4) is 0 Å². The SMILES string of the molecule is COC(=O)c1c(Br)sc(C(C)C2CCN(C(C)(C)C)CC2)c1C.